The van der Waals surface area contributed by atoms with Gasteiger partial charge in [-0.25, -0.2) is 4.68 Å². The Balaban J connectivity index is 1.93. The number of nitrogens with zero attached hydrogens (tertiary/aromatic N) is 5. The molecule has 2 aromatic heterocycles. The van der Waals surface area contributed by atoms with Crippen LogP contribution in [0.25, 0.3) is 10.9 Å². The third-order valence-electron chi connectivity index (χ3n) is 3.72. The highest BCUT2D eigenvalue weighted by molar-refractivity contribution is 5.81. The molecular formula is C15H20N6. The van der Waals surface area contributed by atoms with Crippen LogP contribution in [0.4, 0.5) is 0 Å². The summed E-state index contributed by atoms with van der Waals surface area (Å²) in [6.07, 6.45) is 2.76. The first-order valence-corrected chi connectivity index (χ1v) is 7.33. The first-order chi connectivity index (χ1) is 10.2. The van der Waals surface area contributed by atoms with Gasteiger partial charge in [-0.2, -0.15) is 5.10 Å². The van der Waals surface area contributed by atoms with E-state index in [-0.39, 0.29) is 6.04 Å². The Kier molecular flexibility index (Phi) is 3.70. The molecule has 1 unspecified atom stereocenters. The van der Waals surface area contributed by atoms with Gasteiger partial charge in [0.1, 0.15) is 0 Å². The van der Waals surface area contributed by atoms with Crippen LogP contribution in [0.1, 0.15) is 37.7 Å². The fourth-order valence-corrected chi connectivity index (χ4v) is 2.48. The highest BCUT2D eigenvalue weighted by Crippen LogP contribution is 2.19. The predicted octanol–water partition coefficient (Wildman–Crippen LogP) is 2.11. The number of aromatic nitrogens is 5. The molecule has 0 amide bonds. The Morgan fingerprint density at radius 1 is 1.24 bits per heavy atom. The number of nitrogens with two attached hydrogens (primary N) is 1. The Morgan fingerprint density at radius 3 is 2.81 bits per heavy atom. The highest BCUT2D eigenvalue weighted by Gasteiger charge is 2.12. The predicted molar refractivity (Wildman–Crippen MR) is 81.8 cm³/mol. The van der Waals surface area contributed by atoms with Crippen molar-refractivity contribution in [1.29, 1.82) is 0 Å². The normalized spacial score (nSPS) is 12.9. The van der Waals surface area contributed by atoms with Gasteiger partial charge < -0.3 is 5.73 Å². The van der Waals surface area contributed by atoms with Crippen molar-refractivity contribution in [2.24, 2.45) is 5.73 Å². The molecule has 2 N–H and O–H groups in total. The highest BCUT2D eigenvalue weighted by atomic mass is 15.4. The molecule has 3 rings (SSSR count). The quantitative estimate of drug-likeness (QED) is 0.778. The van der Waals surface area contributed by atoms with E-state index in [2.05, 4.69) is 34.5 Å². The van der Waals surface area contributed by atoms with Crippen molar-refractivity contribution in [3.05, 3.63) is 41.9 Å². The van der Waals surface area contributed by atoms with Crippen molar-refractivity contribution in [2.45, 2.75) is 39.4 Å². The average Bonchev–Trinajstić information content (AvgIpc) is 3.12. The smallest absolute Gasteiger partial charge is 0.0994 e. The van der Waals surface area contributed by atoms with E-state index in [1.54, 1.807) is 4.68 Å². The van der Waals surface area contributed by atoms with Gasteiger partial charge in [0.25, 0.3) is 0 Å². The summed E-state index contributed by atoms with van der Waals surface area (Å²) in [6, 6.07) is 8.21. The molecule has 0 aliphatic heterocycles. The molecule has 1 aromatic carbocycles. The summed E-state index contributed by atoms with van der Waals surface area (Å²) in [5.74, 6) is 0. The minimum absolute atomic E-state index is 0.0521. The number of fused-ring (bicyclic) bond motifs is 1. The molecule has 3 aromatic rings. The van der Waals surface area contributed by atoms with Crippen LogP contribution in [0.2, 0.25) is 0 Å². The van der Waals surface area contributed by atoms with Gasteiger partial charge in [-0.3, -0.25) is 4.68 Å². The molecule has 6 heteroatoms. The molecule has 21 heavy (non-hydrogen) atoms. The first-order valence-electron chi connectivity index (χ1n) is 7.33. The van der Waals surface area contributed by atoms with Crippen molar-refractivity contribution in [3.8, 4) is 0 Å². The van der Waals surface area contributed by atoms with Crippen LogP contribution < -0.4 is 5.73 Å². The van der Waals surface area contributed by atoms with Crippen LogP contribution in [-0.2, 0) is 13.1 Å². The zero-order valence-corrected chi connectivity index (χ0v) is 12.4. The fourth-order valence-electron chi connectivity index (χ4n) is 2.48. The second-order valence-corrected chi connectivity index (χ2v) is 5.14. The molecule has 0 bridgehead atoms. The van der Waals surface area contributed by atoms with Crippen LogP contribution >= 0.6 is 0 Å². The monoisotopic (exact) mass is 284 g/mol. The lowest BCUT2D eigenvalue weighted by molar-refractivity contribution is 0.610. The first kappa shape index (κ1) is 13.8. The summed E-state index contributed by atoms with van der Waals surface area (Å²) in [6.45, 7) is 5.60. The van der Waals surface area contributed by atoms with Crippen molar-refractivity contribution in [2.75, 3.05) is 0 Å². The number of aryl methyl sites for hydroxylation is 1. The van der Waals surface area contributed by atoms with E-state index >= 15 is 0 Å². The minimum Gasteiger partial charge on any atom is -0.323 e. The van der Waals surface area contributed by atoms with E-state index in [0.29, 0.717) is 6.54 Å². The van der Waals surface area contributed by atoms with Crippen molar-refractivity contribution in [1.82, 2.24) is 24.8 Å². The molecular weight excluding hydrogens is 264 g/mol. The second-order valence-electron chi connectivity index (χ2n) is 5.14. The van der Waals surface area contributed by atoms with Gasteiger partial charge in [0.05, 0.1) is 35.7 Å². The van der Waals surface area contributed by atoms with Gasteiger partial charge in [-0.15, -0.1) is 5.10 Å². The zero-order valence-electron chi connectivity index (χ0n) is 12.4. The van der Waals surface area contributed by atoms with Crippen LogP contribution in [-0.4, -0.2) is 24.8 Å². The molecule has 110 valence electrons. The maximum atomic E-state index is 5.98. The van der Waals surface area contributed by atoms with E-state index < -0.39 is 0 Å². The topological polar surface area (TPSA) is 74.6 Å². The van der Waals surface area contributed by atoms with Gasteiger partial charge in [0, 0.05) is 11.9 Å². The number of hydrogen-bond donors (Lipinski definition) is 1. The molecule has 0 saturated heterocycles. The summed E-state index contributed by atoms with van der Waals surface area (Å²) >= 11 is 0. The van der Waals surface area contributed by atoms with Gasteiger partial charge >= 0.3 is 0 Å². The Morgan fingerprint density at radius 2 is 2.05 bits per heavy atom. The van der Waals surface area contributed by atoms with Crippen LogP contribution in [0.5, 0.6) is 0 Å². The Bertz CT molecular complexity index is 742. The Labute approximate surface area is 123 Å². The van der Waals surface area contributed by atoms with E-state index in [1.807, 2.05) is 29.9 Å². The third kappa shape index (κ3) is 2.54. The fraction of sp³-hybridized carbons (Fsp3) is 0.400. The molecule has 2 heterocycles. The summed E-state index contributed by atoms with van der Waals surface area (Å²) in [7, 11) is 0. The van der Waals surface area contributed by atoms with Crippen LogP contribution in [0.15, 0.2) is 30.5 Å². The van der Waals surface area contributed by atoms with Crippen LogP contribution in [0, 0.1) is 0 Å². The summed E-state index contributed by atoms with van der Waals surface area (Å²) in [5.41, 5.74) is 8.97. The molecule has 0 saturated carbocycles. The van der Waals surface area contributed by atoms with E-state index in [9.17, 15) is 0 Å². The standard InChI is InChI=1S/C15H20N6/c1-3-12(16)14-10-20(19-17-14)9-13-11-7-5-6-8-15(11)21(4-2)18-13/h5-8,10,12H,3-4,9,16H2,1-2H3. The molecule has 0 aliphatic rings. The van der Waals surface area contributed by atoms with Crippen molar-refractivity contribution < 1.29 is 0 Å². The third-order valence-corrected chi connectivity index (χ3v) is 3.72. The van der Waals surface area contributed by atoms with Crippen molar-refractivity contribution >= 4 is 10.9 Å². The van der Waals surface area contributed by atoms with Gasteiger partial charge in [-0.05, 0) is 19.4 Å². The summed E-state index contributed by atoms with van der Waals surface area (Å²) < 4.78 is 3.82. The van der Waals surface area contributed by atoms with Gasteiger partial charge in [0.2, 0.25) is 0 Å². The largest absolute Gasteiger partial charge is 0.323 e. The number of benzene rings is 1. The lowest BCUT2D eigenvalue weighted by atomic mass is 10.2. The molecule has 0 aliphatic carbocycles. The van der Waals surface area contributed by atoms with E-state index in [1.165, 1.54) is 0 Å². The zero-order chi connectivity index (χ0) is 14.8. The Hall–Kier alpha value is -2.21. The molecule has 0 spiro atoms. The summed E-state index contributed by atoms with van der Waals surface area (Å²) in [4.78, 5) is 0. The lowest BCUT2D eigenvalue weighted by Gasteiger charge is -2.01. The minimum atomic E-state index is -0.0521. The molecule has 0 fully saturated rings. The number of rotatable bonds is 5. The van der Waals surface area contributed by atoms with Gasteiger partial charge in [-0.1, -0.05) is 30.3 Å². The average molecular weight is 284 g/mol. The lowest BCUT2D eigenvalue weighted by Crippen LogP contribution is -2.08. The van der Waals surface area contributed by atoms with Crippen molar-refractivity contribution in [3.63, 3.8) is 0 Å². The molecule has 6 nitrogen and oxygen atoms in total. The number of hydrogen-bond acceptors (Lipinski definition) is 4. The maximum Gasteiger partial charge on any atom is 0.0994 e. The SMILES string of the molecule is CCC(N)c1cn(Cc2nn(CC)c3ccccc23)nn1. The summed E-state index contributed by atoms with van der Waals surface area (Å²) in [5, 5.41) is 14.1. The molecule has 1 atom stereocenters. The van der Waals surface area contributed by atoms with E-state index in [4.69, 9.17) is 5.73 Å². The van der Waals surface area contributed by atoms with Crippen LogP contribution in [0.3, 0.4) is 0 Å². The maximum absolute atomic E-state index is 5.98. The molecule has 0 radical (unpaired) electrons. The van der Waals surface area contributed by atoms with Gasteiger partial charge in [0.15, 0.2) is 0 Å². The van der Waals surface area contributed by atoms with E-state index in [0.717, 1.165) is 35.3 Å². The second kappa shape index (κ2) is 5.65. The number of para-hydroxylation sites is 1.